The lowest BCUT2D eigenvalue weighted by atomic mass is 9.72. The van der Waals surface area contributed by atoms with E-state index in [0.717, 1.165) is 6.42 Å². The molecule has 104 valence electrons. The van der Waals surface area contributed by atoms with Gasteiger partial charge in [0.25, 0.3) is 0 Å². The van der Waals surface area contributed by atoms with E-state index in [1.54, 1.807) is 12.2 Å². The van der Waals surface area contributed by atoms with Crippen molar-refractivity contribution in [3.05, 3.63) is 47.1 Å². The Hall–Kier alpha value is -1.37. The van der Waals surface area contributed by atoms with E-state index < -0.39 is 0 Å². The molecule has 0 saturated carbocycles. The van der Waals surface area contributed by atoms with Crippen LogP contribution >= 0.6 is 0 Å². The second-order valence-corrected chi connectivity index (χ2v) is 6.27. The van der Waals surface area contributed by atoms with Crippen molar-refractivity contribution >= 4 is 5.78 Å². The fourth-order valence-corrected chi connectivity index (χ4v) is 2.57. The molecule has 1 aliphatic rings. The van der Waals surface area contributed by atoms with Crippen molar-refractivity contribution in [2.24, 2.45) is 5.41 Å². The van der Waals surface area contributed by atoms with Gasteiger partial charge in [-0.3, -0.25) is 4.79 Å². The van der Waals surface area contributed by atoms with Gasteiger partial charge in [0.2, 0.25) is 0 Å². The normalized spacial score (nSPS) is 19.2. The highest BCUT2D eigenvalue weighted by molar-refractivity contribution is 5.99. The zero-order valence-corrected chi connectivity index (χ0v) is 12.9. The Balaban J connectivity index is 2.78. The lowest BCUT2D eigenvalue weighted by Gasteiger charge is -2.32. The van der Waals surface area contributed by atoms with E-state index in [9.17, 15) is 4.79 Å². The van der Waals surface area contributed by atoms with Gasteiger partial charge in [-0.05, 0) is 63.2 Å². The molecule has 0 spiro atoms. The summed E-state index contributed by atoms with van der Waals surface area (Å²) in [7, 11) is 0. The van der Waals surface area contributed by atoms with Crippen molar-refractivity contribution in [3.63, 3.8) is 0 Å². The van der Waals surface area contributed by atoms with Crippen LogP contribution in [-0.4, -0.2) is 5.78 Å². The monoisotopic (exact) mass is 258 g/mol. The van der Waals surface area contributed by atoms with Gasteiger partial charge in [0.1, 0.15) is 0 Å². The summed E-state index contributed by atoms with van der Waals surface area (Å²) in [6, 6.07) is 0. The topological polar surface area (TPSA) is 17.1 Å². The van der Waals surface area contributed by atoms with Crippen LogP contribution in [0.2, 0.25) is 0 Å². The van der Waals surface area contributed by atoms with Gasteiger partial charge in [-0.1, -0.05) is 43.2 Å². The highest BCUT2D eigenvalue weighted by atomic mass is 16.1. The minimum atomic E-state index is 0.0548. The summed E-state index contributed by atoms with van der Waals surface area (Å²) < 4.78 is 0. The highest BCUT2D eigenvalue weighted by Crippen LogP contribution is 2.40. The van der Waals surface area contributed by atoms with Crippen LogP contribution in [0.5, 0.6) is 0 Å². The lowest BCUT2D eigenvalue weighted by molar-refractivity contribution is -0.110. The molecule has 0 saturated heterocycles. The molecule has 0 aromatic rings. The van der Waals surface area contributed by atoms with E-state index >= 15 is 0 Å². The second-order valence-electron chi connectivity index (χ2n) is 6.27. The standard InChI is InChI=1S/C18H26O/c1-14(2)8-6-10-16(19)11-12-17-15(3)9-7-13-18(17,4)5/h6,8,10-12H,7,9,13H2,1-5H3/b10-6+,12-11+. The molecule has 0 atom stereocenters. The summed E-state index contributed by atoms with van der Waals surface area (Å²) in [5.74, 6) is 0.0548. The molecule has 0 bridgehead atoms. The number of ketones is 1. The Kier molecular flexibility index (Phi) is 5.53. The summed E-state index contributed by atoms with van der Waals surface area (Å²) in [6.45, 7) is 10.7. The molecule has 0 radical (unpaired) electrons. The molecule has 1 aliphatic carbocycles. The Morgan fingerprint density at radius 2 is 1.89 bits per heavy atom. The molecule has 0 aromatic heterocycles. The van der Waals surface area contributed by atoms with E-state index in [2.05, 4.69) is 20.8 Å². The average molecular weight is 258 g/mol. The Morgan fingerprint density at radius 1 is 1.21 bits per heavy atom. The van der Waals surface area contributed by atoms with Crippen LogP contribution in [0.4, 0.5) is 0 Å². The van der Waals surface area contributed by atoms with Crippen molar-refractivity contribution in [2.75, 3.05) is 0 Å². The van der Waals surface area contributed by atoms with Crippen LogP contribution in [0.3, 0.4) is 0 Å². The SMILES string of the molecule is CC(C)=C/C=C/C(=O)/C=C/C1=C(C)CCCC1(C)C. The first kappa shape index (κ1) is 15.7. The maximum atomic E-state index is 11.8. The molecule has 1 rings (SSSR count). The average Bonchev–Trinajstić information content (AvgIpc) is 2.26. The molecule has 1 heteroatoms. The van der Waals surface area contributed by atoms with E-state index in [4.69, 9.17) is 0 Å². The van der Waals surface area contributed by atoms with Gasteiger partial charge in [-0.25, -0.2) is 0 Å². The smallest absolute Gasteiger partial charge is 0.178 e. The van der Waals surface area contributed by atoms with Gasteiger partial charge in [0, 0.05) is 0 Å². The first-order valence-corrected chi connectivity index (χ1v) is 7.07. The largest absolute Gasteiger partial charge is 0.290 e. The van der Waals surface area contributed by atoms with Gasteiger partial charge in [0.05, 0.1) is 0 Å². The second kappa shape index (κ2) is 6.70. The molecule has 1 nitrogen and oxygen atoms in total. The van der Waals surface area contributed by atoms with Crippen molar-refractivity contribution in [1.29, 1.82) is 0 Å². The van der Waals surface area contributed by atoms with Crippen LogP contribution in [0.25, 0.3) is 0 Å². The molecule has 0 aromatic carbocycles. The van der Waals surface area contributed by atoms with Crippen molar-refractivity contribution in [2.45, 2.75) is 53.9 Å². The third-order valence-corrected chi connectivity index (χ3v) is 3.65. The van der Waals surface area contributed by atoms with Crippen LogP contribution in [0.1, 0.15) is 53.9 Å². The Morgan fingerprint density at radius 3 is 2.47 bits per heavy atom. The quantitative estimate of drug-likeness (QED) is 0.503. The zero-order valence-electron chi connectivity index (χ0n) is 12.9. The number of carbonyl (C=O) groups excluding carboxylic acids is 1. The minimum absolute atomic E-state index is 0.0548. The van der Waals surface area contributed by atoms with E-state index in [1.165, 1.54) is 29.6 Å². The van der Waals surface area contributed by atoms with Gasteiger partial charge in [-0.2, -0.15) is 0 Å². The fourth-order valence-electron chi connectivity index (χ4n) is 2.57. The predicted octanol–water partition coefficient (Wildman–Crippen LogP) is 5.16. The van der Waals surface area contributed by atoms with Crippen LogP contribution in [-0.2, 0) is 4.79 Å². The maximum Gasteiger partial charge on any atom is 0.178 e. The van der Waals surface area contributed by atoms with Gasteiger partial charge in [0.15, 0.2) is 5.78 Å². The fraction of sp³-hybridized carbons (Fsp3) is 0.500. The summed E-state index contributed by atoms with van der Waals surface area (Å²) in [5.41, 5.74) is 4.15. The van der Waals surface area contributed by atoms with E-state index in [-0.39, 0.29) is 11.2 Å². The third kappa shape index (κ3) is 5.02. The molecule has 0 amide bonds. The molecule has 19 heavy (non-hydrogen) atoms. The molecule has 0 aliphatic heterocycles. The van der Waals surface area contributed by atoms with Crippen molar-refractivity contribution in [1.82, 2.24) is 0 Å². The number of carbonyl (C=O) groups is 1. The lowest BCUT2D eigenvalue weighted by Crippen LogP contribution is -2.19. The van der Waals surface area contributed by atoms with Crippen LogP contribution in [0, 0.1) is 5.41 Å². The Bertz CT molecular complexity index is 452. The van der Waals surface area contributed by atoms with Crippen LogP contribution in [0.15, 0.2) is 47.1 Å². The molecule has 0 unspecified atom stereocenters. The molecule has 0 heterocycles. The van der Waals surface area contributed by atoms with E-state index in [0.29, 0.717) is 0 Å². The first-order chi connectivity index (χ1) is 8.83. The highest BCUT2D eigenvalue weighted by Gasteiger charge is 2.26. The minimum Gasteiger partial charge on any atom is -0.290 e. The van der Waals surface area contributed by atoms with Crippen molar-refractivity contribution < 1.29 is 4.79 Å². The van der Waals surface area contributed by atoms with Gasteiger partial charge >= 0.3 is 0 Å². The Labute approximate surface area is 117 Å². The first-order valence-electron chi connectivity index (χ1n) is 7.07. The van der Waals surface area contributed by atoms with E-state index in [1.807, 2.05) is 32.1 Å². The number of hydrogen-bond donors (Lipinski definition) is 0. The van der Waals surface area contributed by atoms with Gasteiger partial charge < -0.3 is 0 Å². The molecular formula is C18H26O. The van der Waals surface area contributed by atoms with Gasteiger partial charge in [-0.15, -0.1) is 0 Å². The predicted molar refractivity (Wildman–Crippen MR) is 83.1 cm³/mol. The summed E-state index contributed by atoms with van der Waals surface area (Å²) in [4.78, 5) is 11.8. The summed E-state index contributed by atoms with van der Waals surface area (Å²) >= 11 is 0. The number of hydrogen-bond acceptors (Lipinski definition) is 1. The van der Waals surface area contributed by atoms with Crippen LogP contribution < -0.4 is 0 Å². The summed E-state index contributed by atoms with van der Waals surface area (Å²) in [5, 5.41) is 0. The van der Waals surface area contributed by atoms with Crippen molar-refractivity contribution in [3.8, 4) is 0 Å². The zero-order chi connectivity index (χ0) is 14.5. The number of allylic oxidation sites excluding steroid dienone is 8. The summed E-state index contributed by atoms with van der Waals surface area (Å²) in [6.07, 6.45) is 12.7. The molecule has 0 N–H and O–H groups in total. The molecular weight excluding hydrogens is 232 g/mol. The molecule has 0 fully saturated rings. The maximum absolute atomic E-state index is 11.8. The third-order valence-electron chi connectivity index (χ3n) is 3.65. The number of rotatable bonds is 4.